The van der Waals surface area contributed by atoms with Gasteiger partial charge in [0.25, 0.3) is 5.56 Å². The van der Waals surface area contributed by atoms with Crippen molar-refractivity contribution in [3.8, 4) is 0 Å². The largest absolute Gasteiger partial charge is 0.351 e. The van der Waals surface area contributed by atoms with Gasteiger partial charge in [-0.3, -0.25) is 14.6 Å². The van der Waals surface area contributed by atoms with Crippen LogP contribution in [-0.2, 0) is 11.3 Å². The molecule has 120 valence electrons. The molecule has 2 aromatic heterocycles. The minimum Gasteiger partial charge on any atom is -0.351 e. The van der Waals surface area contributed by atoms with Crippen LogP contribution in [0.25, 0.3) is 17.0 Å². The number of rotatable bonds is 5. The first-order valence-electron chi connectivity index (χ1n) is 7.42. The molecular formula is C17H15N5O2. The number of amides is 1. The van der Waals surface area contributed by atoms with E-state index in [0.717, 1.165) is 5.56 Å². The summed E-state index contributed by atoms with van der Waals surface area (Å²) in [5.74, 6) is -0.249. The van der Waals surface area contributed by atoms with Gasteiger partial charge in [-0.25, -0.2) is 4.68 Å². The lowest BCUT2D eigenvalue weighted by Crippen LogP contribution is -2.31. The average molecular weight is 321 g/mol. The van der Waals surface area contributed by atoms with Gasteiger partial charge in [-0.1, -0.05) is 23.4 Å². The van der Waals surface area contributed by atoms with Gasteiger partial charge in [-0.2, -0.15) is 0 Å². The average Bonchev–Trinajstić information content (AvgIpc) is 2.63. The van der Waals surface area contributed by atoms with E-state index in [1.807, 2.05) is 6.07 Å². The Morgan fingerprint density at radius 3 is 2.92 bits per heavy atom. The fourth-order valence-electron chi connectivity index (χ4n) is 2.16. The van der Waals surface area contributed by atoms with Gasteiger partial charge in [0, 0.05) is 25.0 Å². The standard InChI is InChI=1S/C17H15N5O2/c23-16(8-7-13-4-3-9-18-12-13)19-10-11-22-17(24)14-5-1-2-6-15(14)20-21-22/h1-9,12H,10-11H2,(H,19,23)/b8-7-. The van der Waals surface area contributed by atoms with Gasteiger partial charge in [-0.15, -0.1) is 5.10 Å². The van der Waals surface area contributed by atoms with Crippen LogP contribution in [0.4, 0.5) is 0 Å². The minimum atomic E-state index is -0.249. The first-order chi connectivity index (χ1) is 11.7. The second kappa shape index (κ2) is 7.28. The van der Waals surface area contributed by atoms with Crippen LogP contribution in [0, 0.1) is 0 Å². The number of carbonyl (C=O) groups is 1. The second-order valence-corrected chi connectivity index (χ2v) is 5.05. The van der Waals surface area contributed by atoms with Gasteiger partial charge in [0.15, 0.2) is 0 Å². The molecule has 0 atom stereocenters. The van der Waals surface area contributed by atoms with Gasteiger partial charge in [-0.05, 0) is 29.8 Å². The van der Waals surface area contributed by atoms with E-state index in [1.165, 1.54) is 10.8 Å². The summed E-state index contributed by atoms with van der Waals surface area (Å²) in [4.78, 5) is 28.0. The highest BCUT2D eigenvalue weighted by molar-refractivity contribution is 5.91. The molecule has 0 unspecified atom stereocenters. The monoisotopic (exact) mass is 321 g/mol. The zero-order valence-corrected chi connectivity index (χ0v) is 12.8. The van der Waals surface area contributed by atoms with Crippen molar-refractivity contribution >= 4 is 22.9 Å². The van der Waals surface area contributed by atoms with Crippen molar-refractivity contribution in [2.45, 2.75) is 6.54 Å². The van der Waals surface area contributed by atoms with E-state index in [2.05, 4.69) is 20.6 Å². The summed E-state index contributed by atoms with van der Waals surface area (Å²) < 4.78 is 1.24. The number of nitrogens with one attached hydrogen (secondary N) is 1. The van der Waals surface area contributed by atoms with E-state index in [4.69, 9.17) is 0 Å². The summed E-state index contributed by atoms with van der Waals surface area (Å²) in [5, 5.41) is 11.1. The van der Waals surface area contributed by atoms with Gasteiger partial charge < -0.3 is 5.32 Å². The number of carbonyl (C=O) groups excluding carboxylic acids is 1. The topological polar surface area (TPSA) is 89.8 Å². The van der Waals surface area contributed by atoms with E-state index in [-0.39, 0.29) is 24.6 Å². The molecule has 0 fully saturated rings. The minimum absolute atomic E-state index is 0.222. The Kier molecular flexibility index (Phi) is 4.71. The number of pyridine rings is 1. The molecule has 0 bridgehead atoms. The lowest BCUT2D eigenvalue weighted by molar-refractivity contribution is -0.116. The maximum absolute atomic E-state index is 12.2. The molecule has 1 amide bonds. The third kappa shape index (κ3) is 3.70. The van der Waals surface area contributed by atoms with Crippen molar-refractivity contribution in [3.63, 3.8) is 0 Å². The quantitative estimate of drug-likeness (QED) is 0.709. The Bertz CT molecular complexity index is 934. The lowest BCUT2D eigenvalue weighted by atomic mass is 10.2. The Morgan fingerprint density at radius 2 is 2.08 bits per heavy atom. The van der Waals surface area contributed by atoms with Gasteiger partial charge in [0.05, 0.1) is 11.9 Å². The Morgan fingerprint density at radius 1 is 1.21 bits per heavy atom. The zero-order chi connectivity index (χ0) is 16.8. The third-order valence-electron chi connectivity index (χ3n) is 3.36. The van der Waals surface area contributed by atoms with Crippen LogP contribution in [0.1, 0.15) is 5.56 Å². The summed E-state index contributed by atoms with van der Waals surface area (Å²) in [6.45, 7) is 0.534. The molecule has 24 heavy (non-hydrogen) atoms. The summed E-state index contributed by atoms with van der Waals surface area (Å²) in [5.41, 5.74) is 1.17. The molecule has 0 radical (unpaired) electrons. The maximum Gasteiger partial charge on any atom is 0.277 e. The molecule has 1 N–H and O–H groups in total. The van der Waals surface area contributed by atoms with Crippen molar-refractivity contribution in [1.29, 1.82) is 0 Å². The van der Waals surface area contributed by atoms with Crippen molar-refractivity contribution in [2.75, 3.05) is 6.54 Å². The van der Waals surface area contributed by atoms with Crippen molar-refractivity contribution in [1.82, 2.24) is 25.3 Å². The van der Waals surface area contributed by atoms with Gasteiger partial charge in [0.1, 0.15) is 5.52 Å². The first kappa shape index (κ1) is 15.5. The first-order valence-corrected chi connectivity index (χ1v) is 7.42. The molecule has 0 saturated heterocycles. The summed E-state index contributed by atoms with van der Waals surface area (Å²) in [6.07, 6.45) is 6.42. The smallest absolute Gasteiger partial charge is 0.277 e. The highest BCUT2D eigenvalue weighted by Crippen LogP contribution is 2.03. The summed E-state index contributed by atoms with van der Waals surface area (Å²) in [6, 6.07) is 10.7. The van der Waals surface area contributed by atoms with Crippen LogP contribution in [0.2, 0.25) is 0 Å². The number of benzene rings is 1. The second-order valence-electron chi connectivity index (χ2n) is 5.05. The predicted octanol–water partition coefficient (Wildman–Crippen LogP) is 1.02. The molecule has 0 spiro atoms. The molecule has 0 aliphatic carbocycles. The van der Waals surface area contributed by atoms with E-state index >= 15 is 0 Å². The number of aromatic nitrogens is 4. The number of hydrogen-bond acceptors (Lipinski definition) is 5. The molecule has 0 aliphatic heterocycles. The van der Waals surface area contributed by atoms with E-state index in [9.17, 15) is 9.59 Å². The number of fused-ring (bicyclic) bond motifs is 1. The fraction of sp³-hybridized carbons (Fsp3) is 0.118. The Labute approximate surface area is 137 Å². The van der Waals surface area contributed by atoms with E-state index in [0.29, 0.717) is 10.9 Å². The third-order valence-corrected chi connectivity index (χ3v) is 3.36. The molecule has 3 rings (SSSR count). The maximum atomic E-state index is 12.2. The lowest BCUT2D eigenvalue weighted by Gasteiger charge is -2.05. The molecule has 2 heterocycles. The predicted molar refractivity (Wildman–Crippen MR) is 90.1 cm³/mol. The SMILES string of the molecule is O=C(/C=C\c1cccnc1)NCCn1nnc2ccccc2c1=O. The van der Waals surface area contributed by atoms with Crippen LogP contribution in [0.15, 0.2) is 59.7 Å². The molecular weight excluding hydrogens is 306 g/mol. The van der Waals surface area contributed by atoms with E-state index < -0.39 is 0 Å². The van der Waals surface area contributed by atoms with Crippen molar-refractivity contribution in [2.24, 2.45) is 0 Å². The Balaban J connectivity index is 1.58. The van der Waals surface area contributed by atoms with Crippen LogP contribution in [0.5, 0.6) is 0 Å². The molecule has 7 heteroatoms. The molecule has 1 aromatic carbocycles. The number of hydrogen-bond donors (Lipinski definition) is 1. The van der Waals surface area contributed by atoms with Gasteiger partial charge >= 0.3 is 0 Å². The van der Waals surface area contributed by atoms with Crippen molar-refractivity contribution in [3.05, 3.63) is 70.8 Å². The molecule has 0 aliphatic rings. The summed E-state index contributed by atoms with van der Waals surface area (Å²) in [7, 11) is 0. The zero-order valence-electron chi connectivity index (χ0n) is 12.8. The number of nitrogens with zero attached hydrogens (tertiary/aromatic N) is 4. The molecule has 7 nitrogen and oxygen atoms in total. The van der Waals surface area contributed by atoms with Crippen molar-refractivity contribution < 1.29 is 4.79 Å². The normalized spacial score (nSPS) is 11.0. The molecule has 3 aromatic rings. The van der Waals surface area contributed by atoms with Gasteiger partial charge in [0.2, 0.25) is 5.91 Å². The van der Waals surface area contributed by atoms with Crippen LogP contribution in [0.3, 0.4) is 0 Å². The van der Waals surface area contributed by atoms with Crippen LogP contribution < -0.4 is 10.9 Å². The van der Waals surface area contributed by atoms with Crippen LogP contribution in [-0.4, -0.2) is 32.4 Å². The van der Waals surface area contributed by atoms with Crippen LogP contribution >= 0.6 is 0 Å². The summed E-state index contributed by atoms with van der Waals surface area (Å²) >= 11 is 0. The molecule has 0 saturated carbocycles. The van der Waals surface area contributed by atoms with E-state index in [1.54, 1.807) is 48.8 Å². The fourth-order valence-corrected chi connectivity index (χ4v) is 2.16. The Hall–Kier alpha value is -3.35. The highest BCUT2D eigenvalue weighted by Gasteiger charge is 2.04. The highest BCUT2D eigenvalue weighted by atomic mass is 16.1.